The van der Waals surface area contributed by atoms with Gasteiger partial charge in [-0.05, 0) is 49.6 Å². The Kier molecular flexibility index (Phi) is 8.75. The molecular weight excluding hydrogens is 557 g/mol. The molecule has 14 heteroatoms. The molecule has 198 valence electrons. The average Bonchev–Trinajstić information content (AvgIpc) is 2.86. The second-order valence-corrected chi connectivity index (χ2v) is 13.1. The quantitative estimate of drug-likeness (QED) is 0.246. The van der Waals surface area contributed by atoms with E-state index in [4.69, 9.17) is 28.0 Å². The Bertz CT molecular complexity index is 1490. The van der Waals surface area contributed by atoms with Gasteiger partial charge in [0.2, 0.25) is 16.0 Å². The number of sulfonamides is 1. The monoisotopic (exact) mass is 583 g/mol. The first kappa shape index (κ1) is 27.4. The minimum atomic E-state index is -3.80. The van der Waals surface area contributed by atoms with Crippen molar-refractivity contribution >= 4 is 66.1 Å². The lowest BCUT2D eigenvalue weighted by atomic mass is 10.3. The summed E-state index contributed by atoms with van der Waals surface area (Å²) < 4.78 is 48.8. The fourth-order valence-electron chi connectivity index (χ4n) is 3.66. The van der Waals surface area contributed by atoms with Crippen LogP contribution in [0.3, 0.4) is 0 Å². The first-order chi connectivity index (χ1) is 17.7. The number of hydrogen-bond donors (Lipinski definition) is 5. The minimum Gasteiger partial charge on any atom is -0.381 e. The fraction of sp³-hybridized carbons (Fsp3) is 0.304. The molecule has 1 aliphatic heterocycles. The highest BCUT2D eigenvalue weighted by molar-refractivity contribution is 7.92. The van der Waals surface area contributed by atoms with Crippen molar-refractivity contribution in [3.05, 3.63) is 58.7 Å². The summed E-state index contributed by atoms with van der Waals surface area (Å²) in [7, 11) is -6.67. The number of fused-ring (bicyclic) bond motifs is 4. The molecule has 4 rings (SSSR count). The van der Waals surface area contributed by atoms with E-state index in [0.717, 1.165) is 6.42 Å². The lowest BCUT2D eigenvalue weighted by Gasteiger charge is -2.14. The van der Waals surface area contributed by atoms with Crippen LogP contribution in [-0.4, -0.2) is 48.0 Å². The number of aromatic nitrogens is 2. The smallest absolute Gasteiger partial charge is 0.242 e. The number of rotatable bonds is 7. The summed E-state index contributed by atoms with van der Waals surface area (Å²) in [5, 5.41) is 9.79. The van der Waals surface area contributed by atoms with E-state index in [0.29, 0.717) is 54.0 Å². The number of halogens is 2. The lowest BCUT2D eigenvalue weighted by molar-refractivity contribution is 0.580. The van der Waals surface area contributed by atoms with Gasteiger partial charge >= 0.3 is 0 Å². The summed E-state index contributed by atoms with van der Waals surface area (Å²) in [6.07, 6.45) is 3.48. The summed E-state index contributed by atoms with van der Waals surface area (Å²) in [4.78, 5) is 9.35. The van der Waals surface area contributed by atoms with Crippen LogP contribution in [0.1, 0.15) is 19.3 Å². The van der Waals surface area contributed by atoms with Gasteiger partial charge in [-0.25, -0.2) is 27.1 Å². The molecule has 0 saturated carbocycles. The predicted molar refractivity (Wildman–Crippen MR) is 148 cm³/mol. The van der Waals surface area contributed by atoms with Crippen molar-refractivity contribution in [1.29, 1.82) is 4.78 Å². The SMILES string of the molecule is N=S1(=O)CCCCNc2nc(ncc2NCCCNS(=O)(=O)c2cccc(Cl)c2Cl)Nc2cccc1c2. The maximum absolute atomic E-state index is 12.8. The van der Waals surface area contributed by atoms with Crippen LogP contribution in [0.15, 0.2) is 58.5 Å². The van der Waals surface area contributed by atoms with Crippen molar-refractivity contribution in [2.45, 2.75) is 29.1 Å². The van der Waals surface area contributed by atoms with Gasteiger partial charge in [0.05, 0.1) is 31.7 Å². The number of hydrogen-bond acceptors (Lipinski definition) is 9. The highest BCUT2D eigenvalue weighted by Crippen LogP contribution is 2.29. The third-order valence-corrected chi connectivity index (χ3v) is 9.89. The number of nitrogens with one attached hydrogen (secondary N) is 5. The molecule has 37 heavy (non-hydrogen) atoms. The number of nitrogens with zero attached hydrogens (tertiary/aromatic N) is 2. The Morgan fingerprint density at radius 1 is 1.11 bits per heavy atom. The van der Waals surface area contributed by atoms with E-state index < -0.39 is 19.8 Å². The van der Waals surface area contributed by atoms with Crippen LogP contribution in [0.4, 0.5) is 23.1 Å². The summed E-state index contributed by atoms with van der Waals surface area (Å²) in [6, 6.07) is 11.4. The van der Waals surface area contributed by atoms with Gasteiger partial charge in [-0.15, -0.1) is 0 Å². The summed E-state index contributed by atoms with van der Waals surface area (Å²) >= 11 is 12.0. The van der Waals surface area contributed by atoms with Crippen molar-refractivity contribution in [3.8, 4) is 0 Å². The van der Waals surface area contributed by atoms with Crippen LogP contribution in [0, 0.1) is 4.78 Å². The van der Waals surface area contributed by atoms with Gasteiger partial charge in [-0.2, -0.15) is 4.98 Å². The molecule has 1 atom stereocenters. The van der Waals surface area contributed by atoms with E-state index in [-0.39, 0.29) is 27.2 Å². The van der Waals surface area contributed by atoms with Gasteiger partial charge in [0, 0.05) is 36.0 Å². The van der Waals surface area contributed by atoms with Gasteiger partial charge < -0.3 is 16.0 Å². The Morgan fingerprint density at radius 2 is 1.92 bits per heavy atom. The van der Waals surface area contributed by atoms with E-state index >= 15 is 0 Å². The highest BCUT2D eigenvalue weighted by Gasteiger charge is 2.19. The second-order valence-electron chi connectivity index (χ2n) is 8.35. The Hall–Kier alpha value is -2.64. The zero-order valence-electron chi connectivity index (χ0n) is 19.8. The summed E-state index contributed by atoms with van der Waals surface area (Å²) in [5.74, 6) is 1.22. The molecule has 2 heterocycles. The molecule has 5 N–H and O–H groups in total. The van der Waals surface area contributed by atoms with Crippen LogP contribution in [0.25, 0.3) is 0 Å². The lowest BCUT2D eigenvalue weighted by Crippen LogP contribution is -2.26. The van der Waals surface area contributed by atoms with Gasteiger partial charge in [0.25, 0.3) is 0 Å². The van der Waals surface area contributed by atoms with E-state index in [2.05, 4.69) is 30.6 Å². The predicted octanol–water partition coefficient (Wildman–Crippen LogP) is 4.92. The molecule has 1 unspecified atom stereocenters. The Morgan fingerprint density at radius 3 is 2.76 bits per heavy atom. The highest BCUT2D eigenvalue weighted by atomic mass is 35.5. The van der Waals surface area contributed by atoms with Crippen LogP contribution >= 0.6 is 23.2 Å². The molecule has 2 aromatic carbocycles. The molecule has 1 aliphatic rings. The molecule has 0 amide bonds. The van der Waals surface area contributed by atoms with E-state index in [1.165, 1.54) is 18.2 Å². The van der Waals surface area contributed by atoms with Crippen molar-refractivity contribution in [3.63, 3.8) is 0 Å². The van der Waals surface area contributed by atoms with Crippen molar-refractivity contribution < 1.29 is 12.6 Å². The molecule has 0 saturated heterocycles. The molecule has 0 radical (unpaired) electrons. The zero-order chi connectivity index (χ0) is 26.5. The summed E-state index contributed by atoms with van der Waals surface area (Å²) in [6.45, 7) is 1.22. The van der Waals surface area contributed by atoms with Crippen molar-refractivity contribution in [2.24, 2.45) is 0 Å². The minimum absolute atomic E-state index is 0.0106. The van der Waals surface area contributed by atoms with E-state index in [1.54, 1.807) is 30.5 Å². The summed E-state index contributed by atoms with van der Waals surface area (Å²) in [5.41, 5.74) is 1.31. The van der Waals surface area contributed by atoms with Crippen LogP contribution < -0.4 is 20.7 Å². The Labute approximate surface area is 226 Å². The fourth-order valence-corrected chi connectivity index (χ4v) is 6.95. The second kappa shape index (κ2) is 11.8. The maximum Gasteiger partial charge on any atom is 0.242 e. The van der Waals surface area contributed by atoms with Gasteiger partial charge in [-0.1, -0.05) is 35.3 Å². The van der Waals surface area contributed by atoms with E-state index in [1.807, 2.05) is 0 Å². The van der Waals surface area contributed by atoms with Crippen LogP contribution in [0.2, 0.25) is 10.0 Å². The molecule has 1 aromatic heterocycles. The normalized spacial score (nSPS) is 17.9. The van der Waals surface area contributed by atoms with Gasteiger partial charge in [0.1, 0.15) is 4.90 Å². The van der Waals surface area contributed by atoms with Crippen LogP contribution in [-0.2, 0) is 19.8 Å². The molecule has 0 fully saturated rings. The average molecular weight is 585 g/mol. The molecule has 3 aromatic rings. The topological polar surface area (TPSA) is 149 Å². The molecule has 0 spiro atoms. The van der Waals surface area contributed by atoms with Gasteiger partial charge in [-0.3, -0.25) is 0 Å². The zero-order valence-corrected chi connectivity index (χ0v) is 22.9. The Balaban J connectivity index is 1.40. The maximum atomic E-state index is 12.8. The number of benzene rings is 2. The van der Waals surface area contributed by atoms with Crippen molar-refractivity contribution in [2.75, 3.05) is 41.3 Å². The molecular formula is C23H27Cl2N7O3S2. The first-order valence-electron chi connectivity index (χ1n) is 11.6. The molecule has 10 nitrogen and oxygen atoms in total. The first-order valence-corrected chi connectivity index (χ1v) is 15.5. The molecule has 4 bridgehead atoms. The standard InChI is InChI=1S/C23H27Cl2N7O3S2/c24-18-8-4-9-20(21(18)25)37(34,35)30-12-5-11-27-19-15-29-23-31-16-6-3-7-17(14-16)36(26,33)13-2-1-10-28-22(19)32-23/h3-4,6-9,14-15,26-27,30H,1-2,5,10-13H2,(H2,28,29,31,32). The third-order valence-electron chi connectivity index (χ3n) is 5.58. The molecule has 0 aliphatic carbocycles. The van der Waals surface area contributed by atoms with Crippen molar-refractivity contribution in [1.82, 2.24) is 14.7 Å². The largest absolute Gasteiger partial charge is 0.381 e. The van der Waals surface area contributed by atoms with Crippen LogP contribution in [0.5, 0.6) is 0 Å². The number of anilines is 4. The third kappa shape index (κ3) is 7.02. The van der Waals surface area contributed by atoms with Gasteiger partial charge in [0.15, 0.2) is 5.82 Å². The van der Waals surface area contributed by atoms with E-state index in [9.17, 15) is 12.6 Å².